The van der Waals surface area contributed by atoms with Crippen LogP contribution >= 0.6 is 27.5 Å². The van der Waals surface area contributed by atoms with Crippen molar-refractivity contribution in [1.82, 2.24) is 10.2 Å². The van der Waals surface area contributed by atoms with Crippen LogP contribution in [0.25, 0.3) is 0 Å². The fourth-order valence-electron chi connectivity index (χ4n) is 3.50. The monoisotopic (exact) mass is 585 g/mol. The molecule has 10 heteroatoms. The SMILES string of the molecule is CC(C)CNC(=O)[C@H](C)N(Cc1cccc(Br)c1)C(=O)CCCN(c1cccc(Cl)c1)S(C)(=O)=O. The van der Waals surface area contributed by atoms with Crippen LogP contribution in [-0.4, -0.2) is 50.5 Å². The number of carbonyl (C=O) groups is 2. The number of anilines is 1. The number of hydrogen-bond acceptors (Lipinski definition) is 4. The lowest BCUT2D eigenvalue weighted by Crippen LogP contribution is -2.48. The van der Waals surface area contributed by atoms with E-state index in [1.807, 2.05) is 38.1 Å². The van der Waals surface area contributed by atoms with E-state index in [0.717, 1.165) is 16.3 Å². The van der Waals surface area contributed by atoms with Gasteiger partial charge in [0.1, 0.15) is 6.04 Å². The van der Waals surface area contributed by atoms with Crippen molar-refractivity contribution in [3.8, 4) is 0 Å². The van der Waals surface area contributed by atoms with E-state index in [1.165, 1.54) is 4.31 Å². The Morgan fingerprint density at radius 2 is 1.77 bits per heavy atom. The van der Waals surface area contributed by atoms with Gasteiger partial charge in [0.2, 0.25) is 21.8 Å². The molecule has 0 saturated carbocycles. The Labute approximate surface area is 222 Å². The van der Waals surface area contributed by atoms with Gasteiger partial charge >= 0.3 is 0 Å². The van der Waals surface area contributed by atoms with Gasteiger partial charge in [0.15, 0.2) is 0 Å². The number of halogens is 2. The first kappa shape index (κ1) is 29.1. The van der Waals surface area contributed by atoms with Crippen LogP contribution in [0.5, 0.6) is 0 Å². The molecular formula is C25H33BrClN3O4S. The van der Waals surface area contributed by atoms with Crippen LogP contribution in [0.15, 0.2) is 53.0 Å². The van der Waals surface area contributed by atoms with E-state index < -0.39 is 16.1 Å². The maximum absolute atomic E-state index is 13.3. The predicted octanol–water partition coefficient (Wildman–Crippen LogP) is 4.84. The van der Waals surface area contributed by atoms with Gasteiger partial charge in [-0.1, -0.05) is 59.6 Å². The van der Waals surface area contributed by atoms with E-state index in [2.05, 4.69) is 21.2 Å². The second-order valence-electron chi connectivity index (χ2n) is 8.89. The number of nitrogens with zero attached hydrogens (tertiary/aromatic N) is 2. The fraction of sp³-hybridized carbons (Fsp3) is 0.440. The minimum atomic E-state index is -3.57. The molecule has 0 unspecified atom stereocenters. The maximum Gasteiger partial charge on any atom is 0.242 e. The third-order valence-electron chi connectivity index (χ3n) is 5.34. The highest BCUT2D eigenvalue weighted by atomic mass is 79.9. The molecule has 0 aromatic heterocycles. The van der Waals surface area contributed by atoms with E-state index in [4.69, 9.17) is 11.6 Å². The minimum Gasteiger partial charge on any atom is -0.354 e. The molecule has 0 radical (unpaired) electrons. The first-order valence-corrected chi connectivity index (χ1v) is 14.4. The standard InChI is InChI=1S/C25H33BrClN3O4S/c1-18(2)16-28-25(32)19(3)29(17-20-8-5-9-21(26)14-20)24(31)12-7-13-30(35(4,33)34)23-11-6-10-22(27)15-23/h5-6,8-11,14-15,18-19H,7,12-13,16-17H2,1-4H3,(H,28,32)/t19-/m0/s1. The summed E-state index contributed by atoms with van der Waals surface area (Å²) in [7, 11) is -3.57. The van der Waals surface area contributed by atoms with Gasteiger partial charge in [-0.05, 0) is 55.2 Å². The number of sulfonamides is 1. The highest BCUT2D eigenvalue weighted by Crippen LogP contribution is 2.23. The predicted molar refractivity (Wildman–Crippen MR) is 145 cm³/mol. The largest absolute Gasteiger partial charge is 0.354 e. The molecule has 1 atom stereocenters. The molecule has 2 amide bonds. The molecule has 0 fully saturated rings. The number of rotatable bonds is 12. The van der Waals surface area contributed by atoms with Crippen LogP contribution in [0.1, 0.15) is 39.2 Å². The molecule has 2 aromatic carbocycles. The van der Waals surface area contributed by atoms with Gasteiger partial charge in [-0.15, -0.1) is 0 Å². The summed E-state index contributed by atoms with van der Waals surface area (Å²) in [5, 5.41) is 3.32. The zero-order valence-corrected chi connectivity index (χ0v) is 23.7. The first-order valence-electron chi connectivity index (χ1n) is 11.4. The lowest BCUT2D eigenvalue weighted by atomic mass is 10.1. The van der Waals surface area contributed by atoms with Crippen LogP contribution < -0.4 is 9.62 Å². The van der Waals surface area contributed by atoms with Gasteiger partial charge in [0.25, 0.3) is 0 Å². The van der Waals surface area contributed by atoms with Gasteiger partial charge in [0.05, 0.1) is 11.9 Å². The van der Waals surface area contributed by atoms with E-state index in [0.29, 0.717) is 17.3 Å². The first-order chi connectivity index (χ1) is 16.4. The quantitative estimate of drug-likeness (QED) is 0.386. The van der Waals surface area contributed by atoms with Gasteiger partial charge in [0, 0.05) is 35.6 Å². The number of carbonyl (C=O) groups excluding carboxylic acids is 2. The number of nitrogens with one attached hydrogen (secondary N) is 1. The van der Waals surface area contributed by atoms with Crippen molar-refractivity contribution in [2.45, 2.75) is 46.2 Å². The molecule has 0 aliphatic carbocycles. The topological polar surface area (TPSA) is 86.8 Å². The van der Waals surface area contributed by atoms with Crippen molar-refractivity contribution >= 4 is 55.1 Å². The second kappa shape index (κ2) is 13.3. The Bertz CT molecular complexity index is 1130. The average Bonchev–Trinajstić information content (AvgIpc) is 2.77. The lowest BCUT2D eigenvalue weighted by molar-refractivity contribution is -0.140. The van der Waals surface area contributed by atoms with E-state index in [9.17, 15) is 18.0 Å². The van der Waals surface area contributed by atoms with Gasteiger partial charge in [-0.3, -0.25) is 13.9 Å². The summed E-state index contributed by atoms with van der Waals surface area (Å²) >= 11 is 9.48. The normalized spacial score (nSPS) is 12.3. The molecule has 2 rings (SSSR count). The number of benzene rings is 2. The number of hydrogen-bond donors (Lipinski definition) is 1. The zero-order chi connectivity index (χ0) is 26.2. The van der Waals surface area contributed by atoms with Gasteiger partial charge < -0.3 is 10.2 Å². The van der Waals surface area contributed by atoms with Crippen molar-refractivity contribution in [3.63, 3.8) is 0 Å². The van der Waals surface area contributed by atoms with Gasteiger partial charge in [-0.2, -0.15) is 0 Å². The van der Waals surface area contributed by atoms with Crippen molar-refractivity contribution in [2.24, 2.45) is 5.92 Å². The van der Waals surface area contributed by atoms with Crippen LogP contribution in [-0.2, 0) is 26.2 Å². The Kier molecular flexibility index (Phi) is 11.0. The second-order valence-corrected chi connectivity index (χ2v) is 12.1. The average molecular weight is 587 g/mol. The van der Waals surface area contributed by atoms with Crippen molar-refractivity contribution in [1.29, 1.82) is 0 Å². The Morgan fingerprint density at radius 1 is 1.09 bits per heavy atom. The van der Waals surface area contributed by atoms with E-state index in [-0.39, 0.29) is 43.7 Å². The molecule has 0 heterocycles. The molecule has 0 bridgehead atoms. The summed E-state index contributed by atoms with van der Waals surface area (Å²) in [6.45, 7) is 6.61. The van der Waals surface area contributed by atoms with Crippen molar-refractivity contribution in [2.75, 3.05) is 23.7 Å². The molecule has 0 saturated heterocycles. The summed E-state index contributed by atoms with van der Waals surface area (Å²) in [6, 6.07) is 13.5. The van der Waals surface area contributed by atoms with Crippen LogP contribution in [0, 0.1) is 5.92 Å². The molecule has 0 aliphatic heterocycles. The zero-order valence-electron chi connectivity index (χ0n) is 20.5. The Morgan fingerprint density at radius 3 is 2.37 bits per heavy atom. The Hall–Kier alpha value is -2.10. The summed E-state index contributed by atoms with van der Waals surface area (Å²) in [5.74, 6) is -0.163. The molecular weight excluding hydrogens is 554 g/mol. The Balaban J connectivity index is 2.16. The molecule has 0 aliphatic rings. The summed E-state index contributed by atoms with van der Waals surface area (Å²) in [6.07, 6.45) is 1.49. The summed E-state index contributed by atoms with van der Waals surface area (Å²) in [4.78, 5) is 27.6. The highest BCUT2D eigenvalue weighted by Gasteiger charge is 2.26. The summed E-state index contributed by atoms with van der Waals surface area (Å²) < 4.78 is 26.9. The van der Waals surface area contributed by atoms with Crippen LogP contribution in [0.2, 0.25) is 5.02 Å². The molecule has 2 aromatic rings. The van der Waals surface area contributed by atoms with Gasteiger partial charge in [-0.25, -0.2) is 8.42 Å². The third kappa shape index (κ3) is 9.46. The number of amides is 2. The van der Waals surface area contributed by atoms with Crippen LogP contribution in [0.3, 0.4) is 0 Å². The van der Waals surface area contributed by atoms with E-state index in [1.54, 1.807) is 36.1 Å². The van der Waals surface area contributed by atoms with Crippen molar-refractivity contribution in [3.05, 3.63) is 63.6 Å². The molecule has 35 heavy (non-hydrogen) atoms. The maximum atomic E-state index is 13.3. The fourth-order valence-corrected chi connectivity index (χ4v) is 5.09. The smallest absolute Gasteiger partial charge is 0.242 e. The van der Waals surface area contributed by atoms with Crippen LogP contribution in [0.4, 0.5) is 5.69 Å². The molecule has 192 valence electrons. The molecule has 0 spiro atoms. The molecule has 7 nitrogen and oxygen atoms in total. The highest BCUT2D eigenvalue weighted by molar-refractivity contribution is 9.10. The third-order valence-corrected chi connectivity index (χ3v) is 7.26. The minimum absolute atomic E-state index is 0.0857. The lowest BCUT2D eigenvalue weighted by Gasteiger charge is -2.29. The summed E-state index contributed by atoms with van der Waals surface area (Å²) in [5.41, 5.74) is 1.33. The van der Waals surface area contributed by atoms with E-state index >= 15 is 0 Å². The van der Waals surface area contributed by atoms with Crippen molar-refractivity contribution < 1.29 is 18.0 Å². The molecule has 1 N–H and O–H groups in total.